The number of thiophene rings is 1. The molecule has 31 heavy (non-hydrogen) atoms. The number of halogens is 1. The SMILES string of the molecule is O=C(C[C@H]1C(=O)N(Cc2ccccc2)C(=S)N1Cc1cccs1)Nc1ccc(F)cc1. The average molecular weight is 454 g/mol. The van der Waals surface area contributed by atoms with E-state index < -0.39 is 6.04 Å². The Kier molecular flexibility index (Phi) is 6.39. The van der Waals surface area contributed by atoms with Crippen LogP contribution in [0.3, 0.4) is 0 Å². The molecule has 2 aromatic carbocycles. The molecule has 4 rings (SSSR count). The number of carbonyl (C=O) groups is 2. The van der Waals surface area contributed by atoms with E-state index in [1.54, 1.807) is 16.2 Å². The van der Waals surface area contributed by atoms with E-state index in [9.17, 15) is 14.0 Å². The minimum Gasteiger partial charge on any atom is -0.331 e. The monoisotopic (exact) mass is 453 g/mol. The van der Waals surface area contributed by atoms with Gasteiger partial charge in [0.2, 0.25) is 5.91 Å². The number of hydrogen-bond acceptors (Lipinski definition) is 4. The Balaban J connectivity index is 1.53. The lowest BCUT2D eigenvalue weighted by Crippen LogP contribution is -2.37. The van der Waals surface area contributed by atoms with Crippen molar-refractivity contribution in [2.24, 2.45) is 0 Å². The number of hydrogen-bond donors (Lipinski definition) is 1. The fourth-order valence-electron chi connectivity index (χ4n) is 3.47. The largest absolute Gasteiger partial charge is 0.331 e. The fourth-order valence-corrected chi connectivity index (χ4v) is 4.52. The molecule has 8 heteroatoms. The summed E-state index contributed by atoms with van der Waals surface area (Å²) in [5, 5.41) is 5.12. The lowest BCUT2D eigenvalue weighted by Gasteiger charge is -2.23. The molecule has 158 valence electrons. The van der Waals surface area contributed by atoms with Crippen LogP contribution in [0.2, 0.25) is 0 Å². The zero-order valence-electron chi connectivity index (χ0n) is 16.5. The normalized spacial score (nSPS) is 16.1. The zero-order valence-corrected chi connectivity index (χ0v) is 18.2. The highest BCUT2D eigenvalue weighted by molar-refractivity contribution is 7.80. The second-order valence-corrected chi connectivity index (χ2v) is 8.57. The van der Waals surface area contributed by atoms with Crippen LogP contribution >= 0.6 is 23.6 Å². The maximum Gasteiger partial charge on any atom is 0.252 e. The van der Waals surface area contributed by atoms with E-state index in [-0.39, 0.29) is 24.1 Å². The van der Waals surface area contributed by atoms with E-state index >= 15 is 0 Å². The predicted molar refractivity (Wildman–Crippen MR) is 123 cm³/mol. The summed E-state index contributed by atoms with van der Waals surface area (Å²) < 4.78 is 13.1. The van der Waals surface area contributed by atoms with Crippen LogP contribution in [-0.2, 0) is 22.7 Å². The molecule has 1 atom stereocenters. The number of nitrogens with one attached hydrogen (secondary N) is 1. The second-order valence-electron chi connectivity index (χ2n) is 7.17. The molecule has 1 N–H and O–H groups in total. The molecule has 2 heterocycles. The van der Waals surface area contributed by atoms with Crippen LogP contribution in [-0.4, -0.2) is 32.8 Å². The van der Waals surface area contributed by atoms with Crippen molar-refractivity contribution in [2.75, 3.05) is 5.32 Å². The molecule has 0 spiro atoms. The van der Waals surface area contributed by atoms with Crippen molar-refractivity contribution in [2.45, 2.75) is 25.6 Å². The van der Waals surface area contributed by atoms with Crippen molar-refractivity contribution >= 4 is 46.2 Å². The first-order chi connectivity index (χ1) is 15.0. The van der Waals surface area contributed by atoms with Crippen LogP contribution in [0.4, 0.5) is 10.1 Å². The van der Waals surface area contributed by atoms with Gasteiger partial charge >= 0.3 is 0 Å². The summed E-state index contributed by atoms with van der Waals surface area (Å²) in [5.41, 5.74) is 1.44. The molecular weight excluding hydrogens is 433 g/mol. The third kappa shape index (κ3) is 4.98. The maximum atomic E-state index is 13.3. The van der Waals surface area contributed by atoms with Gasteiger partial charge in [-0.3, -0.25) is 14.5 Å². The standard InChI is InChI=1S/C23H20FN3O2S2/c24-17-8-10-18(11-9-17)25-21(28)13-20-22(29)27(14-16-5-2-1-3-6-16)23(30)26(20)15-19-7-4-12-31-19/h1-12,20H,13-15H2,(H,25,28)/t20-/m0/s1. The van der Waals surface area contributed by atoms with Gasteiger partial charge in [0.15, 0.2) is 5.11 Å². The summed E-state index contributed by atoms with van der Waals surface area (Å²) in [6.45, 7) is 0.817. The summed E-state index contributed by atoms with van der Waals surface area (Å²) in [6.07, 6.45) is -0.0486. The topological polar surface area (TPSA) is 52.7 Å². The minimum absolute atomic E-state index is 0.0486. The number of nitrogens with zero attached hydrogens (tertiary/aromatic N) is 2. The first-order valence-electron chi connectivity index (χ1n) is 9.75. The summed E-state index contributed by atoms with van der Waals surface area (Å²) in [7, 11) is 0. The van der Waals surface area contributed by atoms with Crippen LogP contribution in [0, 0.1) is 5.82 Å². The highest BCUT2D eigenvalue weighted by Gasteiger charge is 2.43. The highest BCUT2D eigenvalue weighted by Crippen LogP contribution is 2.26. The molecule has 1 aliphatic heterocycles. The van der Waals surface area contributed by atoms with Crippen LogP contribution in [0.15, 0.2) is 72.1 Å². The van der Waals surface area contributed by atoms with Gasteiger partial charge in [-0.25, -0.2) is 4.39 Å². The van der Waals surface area contributed by atoms with Crippen molar-refractivity contribution in [3.05, 3.63) is 88.4 Å². The second kappa shape index (κ2) is 9.36. The molecule has 2 amide bonds. The summed E-state index contributed by atoms with van der Waals surface area (Å²) in [4.78, 5) is 30.4. The molecule has 1 aliphatic rings. The van der Waals surface area contributed by atoms with Crippen molar-refractivity contribution in [1.82, 2.24) is 9.80 Å². The molecule has 0 saturated carbocycles. The summed E-state index contributed by atoms with van der Waals surface area (Å²) in [5.74, 6) is -0.904. The third-order valence-electron chi connectivity index (χ3n) is 5.00. The highest BCUT2D eigenvalue weighted by atomic mass is 32.1. The molecule has 1 fully saturated rings. The molecule has 0 radical (unpaired) electrons. The zero-order chi connectivity index (χ0) is 21.8. The van der Waals surface area contributed by atoms with Crippen molar-refractivity contribution in [3.63, 3.8) is 0 Å². The van der Waals surface area contributed by atoms with Gasteiger partial charge in [-0.15, -0.1) is 11.3 Å². The van der Waals surface area contributed by atoms with Gasteiger partial charge in [0.25, 0.3) is 5.91 Å². The quantitative estimate of drug-likeness (QED) is 0.539. The Bertz CT molecular complexity index is 1070. The maximum absolute atomic E-state index is 13.3. The first-order valence-corrected chi connectivity index (χ1v) is 11.0. The molecule has 1 aromatic heterocycles. The van der Waals surface area contributed by atoms with Gasteiger partial charge < -0.3 is 10.2 Å². The molecular formula is C23H20FN3O2S2. The van der Waals surface area contributed by atoms with Gasteiger partial charge in [0, 0.05) is 10.6 Å². The van der Waals surface area contributed by atoms with Crippen molar-refractivity contribution in [3.8, 4) is 0 Å². The lowest BCUT2D eigenvalue weighted by molar-refractivity contribution is -0.131. The number of carbonyl (C=O) groups excluding carboxylic acids is 2. The van der Waals surface area contributed by atoms with Crippen molar-refractivity contribution < 1.29 is 14.0 Å². The Morgan fingerprint density at radius 2 is 1.77 bits per heavy atom. The third-order valence-corrected chi connectivity index (χ3v) is 6.32. The lowest BCUT2D eigenvalue weighted by atomic mass is 10.1. The predicted octanol–water partition coefficient (Wildman–Crippen LogP) is 4.41. The number of amides is 2. The van der Waals surface area contributed by atoms with Gasteiger partial charge in [-0.05, 0) is 53.5 Å². The van der Waals surface area contributed by atoms with E-state index in [0.29, 0.717) is 23.9 Å². The Morgan fingerprint density at radius 3 is 2.45 bits per heavy atom. The fraction of sp³-hybridized carbons (Fsp3) is 0.174. The van der Waals surface area contributed by atoms with Gasteiger partial charge in [-0.1, -0.05) is 36.4 Å². The average Bonchev–Trinajstić information content (AvgIpc) is 3.35. The molecule has 5 nitrogen and oxygen atoms in total. The first kappa shape index (κ1) is 21.1. The summed E-state index contributed by atoms with van der Waals surface area (Å²) in [6, 6.07) is 18.4. The van der Waals surface area contributed by atoms with Gasteiger partial charge in [0.05, 0.1) is 19.5 Å². The summed E-state index contributed by atoms with van der Waals surface area (Å²) >= 11 is 7.22. The number of anilines is 1. The van der Waals surface area contributed by atoms with E-state index in [0.717, 1.165) is 10.4 Å². The Labute approximate surface area is 189 Å². The van der Waals surface area contributed by atoms with E-state index in [4.69, 9.17) is 12.2 Å². The molecule has 0 unspecified atom stereocenters. The van der Waals surface area contributed by atoms with Crippen molar-refractivity contribution in [1.29, 1.82) is 0 Å². The van der Waals surface area contributed by atoms with Crippen LogP contribution in [0.25, 0.3) is 0 Å². The molecule has 1 saturated heterocycles. The minimum atomic E-state index is -0.696. The Morgan fingerprint density at radius 1 is 1.03 bits per heavy atom. The van der Waals surface area contributed by atoms with Crippen LogP contribution in [0.1, 0.15) is 16.9 Å². The smallest absolute Gasteiger partial charge is 0.252 e. The van der Waals surface area contributed by atoms with Gasteiger partial charge in [-0.2, -0.15) is 0 Å². The molecule has 0 bridgehead atoms. The molecule has 3 aromatic rings. The van der Waals surface area contributed by atoms with Crippen LogP contribution in [0.5, 0.6) is 0 Å². The van der Waals surface area contributed by atoms with Gasteiger partial charge in [0.1, 0.15) is 11.9 Å². The molecule has 0 aliphatic carbocycles. The number of rotatable bonds is 7. The number of thiocarbonyl (C=S) groups is 1. The van der Waals surface area contributed by atoms with E-state index in [1.807, 2.05) is 52.7 Å². The Hall–Kier alpha value is -3.10. The van der Waals surface area contributed by atoms with E-state index in [1.165, 1.54) is 24.3 Å². The number of benzene rings is 2. The van der Waals surface area contributed by atoms with Crippen LogP contribution < -0.4 is 5.32 Å². The van der Waals surface area contributed by atoms with E-state index in [2.05, 4.69) is 5.32 Å².